The van der Waals surface area contributed by atoms with Gasteiger partial charge in [0.05, 0.1) is 17.5 Å². The third-order valence-corrected chi connectivity index (χ3v) is 9.17. The zero-order valence-corrected chi connectivity index (χ0v) is 26.5. The van der Waals surface area contributed by atoms with Crippen molar-refractivity contribution in [2.75, 3.05) is 6.61 Å². The molecule has 4 unspecified atom stereocenters. The van der Waals surface area contributed by atoms with E-state index in [9.17, 15) is 14.4 Å². The second-order valence-corrected chi connectivity index (χ2v) is 12.4. The lowest BCUT2D eigenvalue weighted by molar-refractivity contribution is -0.143. The number of fused-ring (bicyclic) bond motifs is 3. The van der Waals surface area contributed by atoms with Gasteiger partial charge in [-0.1, -0.05) is 78.9 Å². The summed E-state index contributed by atoms with van der Waals surface area (Å²) in [5.41, 5.74) is -0.205. The highest BCUT2D eigenvalue weighted by molar-refractivity contribution is 5.80. The highest BCUT2D eigenvalue weighted by Crippen LogP contribution is 2.32. The predicted molar refractivity (Wildman–Crippen MR) is 168 cm³/mol. The van der Waals surface area contributed by atoms with E-state index in [4.69, 9.17) is 4.74 Å². The van der Waals surface area contributed by atoms with E-state index in [1.54, 1.807) is 31.2 Å². The Morgan fingerprint density at radius 3 is 2.07 bits per heavy atom. The van der Waals surface area contributed by atoms with Gasteiger partial charge in [0, 0.05) is 18.1 Å². The monoisotopic (exact) mass is 569 g/mol. The topological polar surface area (TPSA) is 82.3 Å². The molecule has 230 valence electrons. The van der Waals surface area contributed by atoms with Crippen molar-refractivity contribution in [1.29, 1.82) is 0 Å². The first-order chi connectivity index (χ1) is 19.8. The lowest BCUT2D eigenvalue weighted by Crippen LogP contribution is -2.53. The number of rotatable bonds is 5. The molecule has 1 N–H and O–H groups in total. The molecule has 0 radical (unpaired) electrons. The minimum Gasteiger partial charge on any atom is -0.465 e. The number of benzene rings is 1. The zero-order chi connectivity index (χ0) is 29.9. The van der Waals surface area contributed by atoms with Gasteiger partial charge in [0.2, 0.25) is 0 Å². The summed E-state index contributed by atoms with van der Waals surface area (Å²) in [6.07, 6.45) is 13.7. The molecule has 2 aliphatic heterocycles. The van der Waals surface area contributed by atoms with E-state index >= 15 is 0 Å². The fourth-order valence-electron chi connectivity index (χ4n) is 7.21. The van der Waals surface area contributed by atoms with Crippen molar-refractivity contribution in [3.8, 4) is 0 Å². The van der Waals surface area contributed by atoms with Crippen molar-refractivity contribution in [1.82, 2.24) is 14.5 Å². The summed E-state index contributed by atoms with van der Waals surface area (Å²) in [5.74, 6) is 2.53. The summed E-state index contributed by atoms with van der Waals surface area (Å²) in [4.78, 5) is 38.5. The molecule has 1 aromatic carbocycles. The average Bonchev–Trinajstić information content (AvgIpc) is 2.95. The van der Waals surface area contributed by atoms with Gasteiger partial charge in [-0.15, -0.1) is 0 Å². The largest absolute Gasteiger partial charge is 0.465 e. The second kappa shape index (κ2) is 16.3. The van der Waals surface area contributed by atoms with Gasteiger partial charge >= 0.3 is 11.7 Å². The van der Waals surface area contributed by atoms with E-state index in [1.807, 2.05) is 13.8 Å². The lowest BCUT2D eigenvalue weighted by Gasteiger charge is -2.40. The molecule has 4 atom stereocenters. The van der Waals surface area contributed by atoms with E-state index in [-0.39, 0.29) is 24.8 Å². The molecule has 0 spiro atoms. The molecule has 2 saturated heterocycles. The second-order valence-electron chi connectivity index (χ2n) is 12.4. The first-order valence-electron chi connectivity index (χ1n) is 16.5. The fourth-order valence-corrected chi connectivity index (χ4v) is 7.21. The number of hydrogen-bond acceptors (Lipinski definition) is 5. The summed E-state index contributed by atoms with van der Waals surface area (Å²) in [6, 6.07) is 7.53. The third kappa shape index (κ3) is 8.79. The van der Waals surface area contributed by atoms with E-state index in [0.717, 1.165) is 43.4 Å². The van der Waals surface area contributed by atoms with Gasteiger partial charge in [-0.3, -0.25) is 18.7 Å². The number of esters is 1. The maximum absolute atomic E-state index is 13.3. The quantitative estimate of drug-likeness (QED) is 0.399. The molecule has 2 aromatic rings. The number of carbonyl (C=O) groups excluding carboxylic acids is 1. The summed E-state index contributed by atoms with van der Waals surface area (Å²) in [7, 11) is 0. The van der Waals surface area contributed by atoms with Gasteiger partial charge in [0.15, 0.2) is 0 Å². The van der Waals surface area contributed by atoms with Crippen LogP contribution in [-0.4, -0.2) is 33.8 Å². The smallest absolute Gasteiger partial charge is 0.332 e. The van der Waals surface area contributed by atoms with Crippen molar-refractivity contribution in [2.45, 2.75) is 137 Å². The number of nitrogens with zero attached hydrogens (tertiary/aromatic N) is 2. The number of aromatic nitrogens is 2. The summed E-state index contributed by atoms with van der Waals surface area (Å²) >= 11 is 0. The minimum atomic E-state index is -0.475. The SMILES string of the molecule is CC.CCC1CC(C)CCCC(C)C1.CCOC(=O)Cn1c(=O)n(C2CC3CCCC(C2)N3)c(=O)c2ccccc21. The van der Waals surface area contributed by atoms with Gasteiger partial charge in [0.25, 0.3) is 5.56 Å². The molecule has 3 aliphatic rings. The maximum atomic E-state index is 13.3. The van der Waals surface area contributed by atoms with Crippen molar-refractivity contribution < 1.29 is 9.53 Å². The number of hydrogen-bond donors (Lipinski definition) is 1. The molecule has 5 rings (SSSR count). The maximum Gasteiger partial charge on any atom is 0.332 e. The molecular formula is C34H55N3O4. The van der Waals surface area contributed by atoms with Gasteiger partial charge in [-0.2, -0.15) is 0 Å². The average molecular weight is 570 g/mol. The Kier molecular flexibility index (Phi) is 13.1. The molecule has 3 fully saturated rings. The van der Waals surface area contributed by atoms with Crippen LogP contribution in [0.3, 0.4) is 0 Å². The highest BCUT2D eigenvalue weighted by atomic mass is 16.5. The molecule has 1 aliphatic carbocycles. The Hall–Kier alpha value is -2.41. The van der Waals surface area contributed by atoms with Crippen molar-refractivity contribution in [3.63, 3.8) is 0 Å². The van der Waals surface area contributed by atoms with Crippen molar-refractivity contribution >= 4 is 16.9 Å². The van der Waals surface area contributed by atoms with Crippen LogP contribution in [0.4, 0.5) is 0 Å². The number of nitrogens with one attached hydrogen (secondary N) is 1. The van der Waals surface area contributed by atoms with Gasteiger partial charge in [-0.25, -0.2) is 4.79 Å². The molecule has 1 aromatic heterocycles. The zero-order valence-electron chi connectivity index (χ0n) is 26.5. The van der Waals surface area contributed by atoms with Crippen LogP contribution in [-0.2, 0) is 16.1 Å². The van der Waals surface area contributed by atoms with Crippen LogP contribution >= 0.6 is 0 Å². The van der Waals surface area contributed by atoms with Crippen molar-refractivity contribution in [3.05, 3.63) is 45.1 Å². The molecule has 2 bridgehead atoms. The van der Waals surface area contributed by atoms with Crippen LogP contribution < -0.4 is 16.6 Å². The first kappa shape index (κ1) is 33.1. The fraction of sp³-hybridized carbons (Fsp3) is 0.735. The molecule has 41 heavy (non-hydrogen) atoms. The van der Waals surface area contributed by atoms with Gasteiger partial charge < -0.3 is 10.1 Å². The molecule has 3 heterocycles. The van der Waals surface area contributed by atoms with Gasteiger partial charge in [-0.05, 0) is 75.3 Å². The molecular weight excluding hydrogens is 514 g/mol. The van der Waals surface area contributed by atoms with Crippen molar-refractivity contribution in [2.24, 2.45) is 17.8 Å². The standard InChI is InChI=1S/C20H25N3O4.C12H24.C2H6/c1-2-27-18(24)12-22-17-9-4-3-8-16(17)19(25)23(20(22)26)15-10-13-6-5-7-14(11-15)21-13;1-4-12-8-10(2)6-5-7-11(3)9-12;1-2/h3-4,8-9,13-15,21H,2,5-7,10-12H2,1H3;10-12H,4-9H2,1-3H3;1-2H3. The van der Waals surface area contributed by atoms with E-state index < -0.39 is 11.7 Å². The lowest BCUT2D eigenvalue weighted by atomic mass is 9.80. The molecule has 7 nitrogen and oxygen atoms in total. The van der Waals surface area contributed by atoms with Crippen LogP contribution in [0, 0.1) is 17.8 Å². The van der Waals surface area contributed by atoms with Crippen LogP contribution in [0.2, 0.25) is 0 Å². The summed E-state index contributed by atoms with van der Waals surface area (Å²) in [6.45, 7) is 13.0. The number of piperidine rings is 2. The predicted octanol–water partition coefficient (Wildman–Crippen LogP) is 6.85. The number of ether oxygens (including phenoxy) is 1. The van der Waals surface area contributed by atoms with E-state index in [0.29, 0.717) is 23.0 Å². The highest BCUT2D eigenvalue weighted by Gasteiger charge is 2.34. The van der Waals surface area contributed by atoms with Crippen LogP contribution in [0.1, 0.15) is 118 Å². The van der Waals surface area contributed by atoms with E-state index in [1.165, 1.54) is 54.1 Å². The van der Waals surface area contributed by atoms with Gasteiger partial charge in [0.1, 0.15) is 6.54 Å². The Balaban J connectivity index is 0.000000278. The van der Waals surface area contributed by atoms with Crippen LogP contribution in [0.25, 0.3) is 10.9 Å². The molecule has 0 amide bonds. The number of para-hydroxylation sites is 1. The van der Waals surface area contributed by atoms with Crippen LogP contribution in [0.5, 0.6) is 0 Å². The van der Waals surface area contributed by atoms with E-state index in [2.05, 4.69) is 26.1 Å². The van der Waals surface area contributed by atoms with Crippen LogP contribution in [0.15, 0.2) is 33.9 Å². The Morgan fingerprint density at radius 2 is 1.49 bits per heavy atom. The minimum absolute atomic E-state index is 0.139. The Bertz CT molecular complexity index is 1190. The summed E-state index contributed by atoms with van der Waals surface area (Å²) in [5, 5.41) is 4.06. The third-order valence-electron chi connectivity index (χ3n) is 9.17. The normalized spacial score (nSPS) is 27.8. The number of carbonyl (C=O) groups is 1. The molecule has 1 saturated carbocycles. The Morgan fingerprint density at radius 1 is 0.902 bits per heavy atom. The molecule has 7 heteroatoms. The Labute approximate surface area is 247 Å². The summed E-state index contributed by atoms with van der Waals surface area (Å²) < 4.78 is 7.79. The first-order valence-corrected chi connectivity index (χ1v) is 16.5.